The van der Waals surface area contributed by atoms with Crippen LogP contribution in [-0.4, -0.2) is 12.1 Å². The molecule has 0 aliphatic heterocycles. The Hall–Kier alpha value is -2.35. The zero-order valence-corrected chi connectivity index (χ0v) is 10.5. The van der Waals surface area contributed by atoms with Gasteiger partial charge in [-0.15, -0.1) is 4.91 Å². The topological polar surface area (TPSA) is 46.5 Å². The molecule has 2 rings (SSSR count). The van der Waals surface area contributed by atoms with Crippen molar-refractivity contribution in [2.45, 2.75) is 25.4 Å². The van der Waals surface area contributed by atoms with Crippen molar-refractivity contribution in [2.24, 2.45) is 5.18 Å². The Labute approximate surface area is 114 Å². The van der Waals surface area contributed by atoms with Crippen LogP contribution in [0.2, 0.25) is 0 Å². The molecule has 0 saturated heterocycles. The third-order valence-electron chi connectivity index (χ3n) is 3.00. The first-order chi connectivity index (χ1) is 9.61. The summed E-state index contributed by atoms with van der Waals surface area (Å²) in [6.45, 7) is 0. The van der Waals surface area contributed by atoms with E-state index < -0.39 is 17.9 Å². The maximum Gasteiger partial charge on any atom is 0.316 e. The van der Waals surface area contributed by atoms with Gasteiger partial charge in [-0.1, -0.05) is 17.9 Å². The van der Waals surface area contributed by atoms with Gasteiger partial charge in [0.05, 0.1) is 5.56 Å². The molecule has 0 radical (unpaired) electrons. The van der Waals surface area contributed by atoms with Crippen LogP contribution in [0.5, 0.6) is 0 Å². The Morgan fingerprint density at radius 2 is 2.15 bits per heavy atom. The molecule has 20 heavy (non-hydrogen) atoms. The van der Waals surface area contributed by atoms with Crippen LogP contribution in [0, 0.1) is 22.6 Å². The Morgan fingerprint density at radius 3 is 2.80 bits per heavy atom. The van der Waals surface area contributed by atoms with Crippen LogP contribution < -0.4 is 0 Å². The molecule has 3 nitrogen and oxygen atoms in total. The smallest absolute Gasteiger partial charge is 0.263 e. The Morgan fingerprint density at radius 1 is 1.35 bits per heavy atom. The van der Waals surface area contributed by atoms with Gasteiger partial charge in [0.15, 0.2) is 0 Å². The van der Waals surface area contributed by atoms with Gasteiger partial charge in [-0.3, -0.25) is 4.79 Å². The lowest BCUT2D eigenvalue weighted by Crippen LogP contribution is -2.07. The molecule has 1 aliphatic rings. The molecule has 0 bridgehead atoms. The lowest BCUT2D eigenvalue weighted by atomic mass is 9.98. The van der Waals surface area contributed by atoms with Gasteiger partial charge in [0, 0.05) is 16.3 Å². The van der Waals surface area contributed by atoms with E-state index in [1.54, 1.807) is 6.08 Å². The van der Waals surface area contributed by atoms with Crippen molar-refractivity contribution in [3.05, 3.63) is 51.7 Å². The van der Waals surface area contributed by atoms with Gasteiger partial charge in [0.1, 0.15) is 12.0 Å². The molecule has 102 valence electrons. The first kappa shape index (κ1) is 14.1. The van der Waals surface area contributed by atoms with Crippen molar-refractivity contribution in [2.75, 3.05) is 0 Å². The first-order valence-electron chi connectivity index (χ1n) is 6.15. The maximum atomic E-state index is 13.7. The molecular weight excluding hydrogens is 264 g/mol. The minimum Gasteiger partial charge on any atom is -0.263 e. The standard InChI is InChI=1S/C15H11F2NO2/c16-13-4-2-1-3-10(13)5-6-11-7-8-12(9-14(11)17)15(19)18-20/h3,7-9,13H,1-2,4H2. The van der Waals surface area contributed by atoms with E-state index in [0.717, 1.165) is 18.9 Å². The van der Waals surface area contributed by atoms with Gasteiger partial charge in [0.25, 0.3) is 0 Å². The number of allylic oxidation sites excluding steroid dienone is 2. The first-order valence-corrected chi connectivity index (χ1v) is 6.15. The third-order valence-corrected chi connectivity index (χ3v) is 3.00. The molecule has 1 unspecified atom stereocenters. The highest BCUT2D eigenvalue weighted by atomic mass is 19.1. The van der Waals surface area contributed by atoms with Crippen molar-refractivity contribution in [3.63, 3.8) is 0 Å². The minimum absolute atomic E-state index is 0.0473. The molecular formula is C15H11F2NO2. The van der Waals surface area contributed by atoms with Crippen LogP contribution in [0.1, 0.15) is 35.2 Å². The Kier molecular flexibility index (Phi) is 4.36. The molecule has 1 amide bonds. The normalized spacial score (nSPS) is 17.7. The predicted octanol–water partition coefficient (Wildman–Crippen LogP) is 3.53. The molecule has 0 spiro atoms. The van der Waals surface area contributed by atoms with Crippen molar-refractivity contribution in [3.8, 4) is 11.8 Å². The van der Waals surface area contributed by atoms with Crippen LogP contribution in [-0.2, 0) is 0 Å². The molecule has 0 fully saturated rings. The summed E-state index contributed by atoms with van der Waals surface area (Å²) in [4.78, 5) is 21.1. The zero-order chi connectivity index (χ0) is 14.5. The van der Waals surface area contributed by atoms with Crippen LogP contribution in [0.3, 0.4) is 0 Å². The summed E-state index contributed by atoms with van der Waals surface area (Å²) in [6.07, 6.45) is 2.61. The van der Waals surface area contributed by atoms with E-state index in [9.17, 15) is 18.5 Å². The van der Waals surface area contributed by atoms with Gasteiger partial charge < -0.3 is 0 Å². The summed E-state index contributed by atoms with van der Waals surface area (Å²) in [5.74, 6) is 3.38. The van der Waals surface area contributed by atoms with E-state index in [0.29, 0.717) is 12.0 Å². The maximum absolute atomic E-state index is 13.7. The van der Waals surface area contributed by atoms with E-state index in [2.05, 4.69) is 17.0 Å². The molecule has 0 aromatic heterocycles. The van der Waals surface area contributed by atoms with Gasteiger partial charge >= 0.3 is 5.91 Å². The predicted molar refractivity (Wildman–Crippen MR) is 70.2 cm³/mol. The number of nitrogens with zero attached hydrogens (tertiary/aromatic N) is 1. The second-order valence-electron chi connectivity index (χ2n) is 4.40. The van der Waals surface area contributed by atoms with Crippen LogP contribution in [0.15, 0.2) is 35.0 Å². The lowest BCUT2D eigenvalue weighted by molar-refractivity contribution is 0.100. The summed E-state index contributed by atoms with van der Waals surface area (Å²) in [5.41, 5.74) is 0.278. The van der Waals surface area contributed by atoms with E-state index in [4.69, 9.17) is 0 Å². The highest BCUT2D eigenvalue weighted by Crippen LogP contribution is 2.20. The molecule has 5 heteroatoms. The quantitative estimate of drug-likeness (QED) is 0.581. The number of rotatable bonds is 1. The fourth-order valence-corrected chi connectivity index (χ4v) is 1.91. The molecule has 0 N–H and O–H groups in total. The summed E-state index contributed by atoms with van der Waals surface area (Å²) in [6, 6.07) is 3.44. The number of hydrogen-bond donors (Lipinski definition) is 0. The molecule has 0 saturated carbocycles. The molecule has 1 aromatic rings. The fourth-order valence-electron chi connectivity index (χ4n) is 1.91. The molecule has 0 heterocycles. The number of benzene rings is 1. The number of halogens is 2. The van der Waals surface area contributed by atoms with Gasteiger partial charge in [-0.05, 0) is 37.5 Å². The summed E-state index contributed by atoms with van der Waals surface area (Å²) in [5, 5.41) is 2.21. The number of amides is 1. The van der Waals surface area contributed by atoms with Crippen LogP contribution in [0.25, 0.3) is 0 Å². The van der Waals surface area contributed by atoms with Gasteiger partial charge in [-0.2, -0.15) is 0 Å². The third kappa shape index (κ3) is 3.15. The highest BCUT2D eigenvalue weighted by Gasteiger charge is 2.14. The van der Waals surface area contributed by atoms with Crippen LogP contribution >= 0.6 is 0 Å². The number of nitroso groups, excluding NO2 is 1. The second-order valence-corrected chi connectivity index (χ2v) is 4.40. The van der Waals surface area contributed by atoms with E-state index >= 15 is 0 Å². The Bertz CT molecular complexity index is 641. The Balaban J connectivity index is 2.25. The van der Waals surface area contributed by atoms with Crippen molar-refractivity contribution >= 4 is 5.91 Å². The highest BCUT2D eigenvalue weighted by molar-refractivity contribution is 5.94. The average molecular weight is 275 g/mol. The molecule has 1 aromatic carbocycles. The van der Waals surface area contributed by atoms with Crippen molar-refractivity contribution in [1.82, 2.24) is 0 Å². The summed E-state index contributed by atoms with van der Waals surface area (Å²) < 4.78 is 27.2. The summed E-state index contributed by atoms with van der Waals surface area (Å²) in [7, 11) is 0. The number of hydrogen-bond acceptors (Lipinski definition) is 2. The van der Waals surface area contributed by atoms with E-state index in [1.807, 2.05) is 0 Å². The second kappa shape index (κ2) is 6.20. The van der Waals surface area contributed by atoms with Crippen molar-refractivity contribution in [1.29, 1.82) is 0 Å². The summed E-state index contributed by atoms with van der Waals surface area (Å²) >= 11 is 0. The fraction of sp³-hybridized carbons (Fsp3) is 0.267. The molecule has 1 atom stereocenters. The van der Waals surface area contributed by atoms with Gasteiger partial charge in [0.2, 0.25) is 0 Å². The zero-order valence-electron chi connectivity index (χ0n) is 10.5. The van der Waals surface area contributed by atoms with Crippen molar-refractivity contribution < 1.29 is 13.6 Å². The SMILES string of the molecule is O=NC(=O)c1ccc(C#CC2=CCCCC2F)c(F)c1. The lowest BCUT2D eigenvalue weighted by Gasteiger charge is -2.12. The van der Waals surface area contributed by atoms with Gasteiger partial charge in [-0.25, -0.2) is 8.78 Å². The number of carbonyl (C=O) groups is 1. The minimum atomic E-state index is -1.10. The van der Waals surface area contributed by atoms with E-state index in [-0.39, 0.29) is 11.1 Å². The van der Waals surface area contributed by atoms with Crippen LogP contribution in [0.4, 0.5) is 8.78 Å². The molecule has 1 aliphatic carbocycles. The number of alkyl halides is 1. The average Bonchev–Trinajstić information content (AvgIpc) is 2.46. The largest absolute Gasteiger partial charge is 0.316 e. The van der Waals surface area contributed by atoms with E-state index in [1.165, 1.54) is 12.1 Å². The monoisotopic (exact) mass is 275 g/mol. The number of carbonyl (C=O) groups excluding carboxylic acids is 1.